The Balaban J connectivity index is 1.71. The Morgan fingerprint density at radius 2 is 1.88 bits per heavy atom. The Morgan fingerprint density at radius 1 is 1.12 bits per heavy atom. The highest BCUT2D eigenvalue weighted by molar-refractivity contribution is 4.77. The van der Waals surface area contributed by atoms with E-state index in [4.69, 9.17) is 9.47 Å². The summed E-state index contributed by atoms with van der Waals surface area (Å²) in [6.45, 7) is 8.80. The van der Waals surface area contributed by atoms with Crippen LogP contribution in [0, 0.1) is 5.92 Å². The fourth-order valence-electron chi connectivity index (χ4n) is 2.67. The summed E-state index contributed by atoms with van der Waals surface area (Å²) >= 11 is 0. The first kappa shape index (κ1) is 12.3. The minimum Gasteiger partial charge on any atom is -0.353 e. The van der Waals surface area contributed by atoms with E-state index in [0.29, 0.717) is 0 Å². The van der Waals surface area contributed by atoms with E-state index in [1.807, 2.05) is 0 Å². The summed E-state index contributed by atoms with van der Waals surface area (Å²) in [6, 6.07) is 0.736. The number of nitrogens with zero attached hydrogens (tertiary/aromatic N) is 1. The van der Waals surface area contributed by atoms with Crippen LogP contribution in [-0.2, 0) is 9.47 Å². The third kappa shape index (κ3) is 3.44. The summed E-state index contributed by atoms with van der Waals surface area (Å²) in [6.07, 6.45) is 4.85. The van der Waals surface area contributed by atoms with Crippen molar-refractivity contribution >= 4 is 0 Å². The first-order valence-corrected chi connectivity index (χ1v) is 6.73. The molecule has 0 aromatic heterocycles. The van der Waals surface area contributed by atoms with Crippen LogP contribution in [0.25, 0.3) is 0 Å². The molecular formula is C13H25NO2. The van der Waals surface area contributed by atoms with E-state index in [0.717, 1.165) is 44.6 Å². The normalized spacial score (nSPS) is 34.1. The number of hydrogen-bond donors (Lipinski definition) is 0. The Hall–Kier alpha value is -0.120. The Labute approximate surface area is 99.1 Å². The van der Waals surface area contributed by atoms with E-state index in [1.165, 1.54) is 19.4 Å². The lowest BCUT2D eigenvalue weighted by molar-refractivity contribution is -0.183. The first-order valence-electron chi connectivity index (χ1n) is 6.73. The number of piperidine rings is 1. The molecule has 2 atom stereocenters. The van der Waals surface area contributed by atoms with Gasteiger partial charge in [0.1, 0.15) is 0 Å². The Kier molecular flexibility index (Phi) is 4.62. The molecule has 0 amide bonds. The summed E-state index contributed by atoms with van der Waals surface area (Å²) in [5.41, 5.74) is 0. The second-order valence-corrected chi connectivity index (χ2v) is 5.34. The zero-order valence-corrected chi connectivity index (χ0v) is 10.7. The van der Waals surface area contributed by atoms with Gasteiger partial charge in [-0.1, -0.05) is 6.92 Å². The van der Waals surface area contributed by atoms with Crippen LogP contribution in [0.1, 0.15) is 39.5 Å². The van der Waals surface area contributed by atoms with Crippen molar-refractivity contribution in [2.45, 2.75) is 51.9 Å². The molecule has 0 saturated carbocycles. The van der Waals surface area contributed by atoms with E-state index in [2.05, 4.69) is 18.7 Å². The van der Waals surface area contributed by atoms with Gasteiger partial charge in [0.25, 0.3) is 0 Å². The van der Waals surface area contributed by atoms with Gasteiger partial charge in [-0.25, -0.2) is 0 Å². The van der Waals surface area contributed by atoms with Crippen LogP contribution in [0.15, 0.2) is 0 Å². The molecule has 0 aliphatic carbocycles. The number of ether oxygens (including phenoxy) is 2. The van der Waals surface area contributed by atoms with Gasteiger partial charge in [0.15, 0.2) is 6.29 Å². The summed E-state index contributed by atoms with van der Waals surface area (Å²) in [4.78, 5) is 2.59. The highest BCUT2D eigenvalue weighted by Gasteiger charge is 2.24. The molecule has 0 spiro atoms. The van der Waals surface area contributed by atoms with Crippen LogP contribution in [0.5, 0.6) is 0 Å². The van der Waals surface area contributed by atoms with Crippen LogP contribution >= 0.6 is 0 Å². The molecule has 2 heterocycles. The smallest absolute Gasteiger partial charge is 0.158 e. The van der Waals surface area contributed by atoms with Gasteiger partial charge in [-0.05, 0) is 32.1 Å². The minimum atomic E-state index is 0.0539. The average molecular weight is 227 g/mol. The highest BCUT2D eigenvalue weighted by atomic mass is 16.7. The molecule has 16 heavy (non-hydrogen) atoms. The molecule has 0 aromatic rings. The maximum Gasteiger partial charge on any atom is 0.158 e. The second-order valence-electron chi connectivity index (χ2n) is 5.34. The maximum atomic E-state index is 5.58. The van der Waals surface area contributed by atoms with Crippen LogP contribution in [0.4, 0.5) is 0 Å². The van der Waals surface area contributed by atoms with Gasteiger partial charge in [0.05, 0.1) is 13.2 Å². The largest absolute Gasteiger partial charge is 0.353 e. The lowest BCUT2D eigenvalue weighted by Crippen LogP contribution is -2.43. The molecule has 3 nitrogen and oxygen atoms in total. The molecule has 2 fully saturated rings. The minimum absolute atomic E-state index is 0.0539. The van der Waals surface area contributed by atoms with Gasteiger partial charge in [0.2, 0.25) is 0 Å². The zero-order valence-electron chi connectivity index (χ0n) is 10.7. The Bertz CT molecular complexity index is 204. The van der Waals surface area contributed by atoms with Gasteiger partial charge in [-0.3, -0.25) is 0 Å². The van der Waals surface area contributed by atoms with Crippen LogP contribution in [-0.4, -0.2) is 43.5 Å². The van der Waals surface area contributed by atoms with Crippen molar-refractivity contribution in [3.05, 3.63) is 0 Å². The lowest BCUT2D eigenvalue weighted by atomic mass is 9.95. The second kappa shape index (κ2) is 5.99. The van der Waals surface area contributed by atoms with Crippen LogP contribution < -0.4 is 0 Å². The fraction of sp³-hybridized carbons (Fsp3) is 1.00. The van der Waals surface area contributed by atoms with Crippen molar-refractivity contribution in [2.24, 2.45) is 5.92 Å². The summed E-state index contributed by atoms with van der Waals surface area (Å²) in [7, 11) is 0. The van der Waals surface area contributed by atoms with Crippen molar-refractivity contribution < 1.29 is 9.47 Å². The number of hydrogen-bond acceptors (Lipinski definition) is 3. The Morgan fingerprint density at radius 3 is 2.62 bits per heavy atom. The molecule has 2 aliphatic rings. The highest BCUT2D eigenvalue weighted by Crippen LogP contribution is 2.22. The van der Waals surface area contributed by atoms with E-state index >= 15 is 0 Å². The predicted molar refractivity (Wildman–Crippen MR) is 64.4 cm³/mol. The standard InChI is InChI=1S/C13H25NO2/c1-11-4-5-12(2)14(10-11)7-6-13-15-8-3-9-16-13/h11-13H,3-10H2,1-2H3. The SMILES string of the molecule is CC1CCC(C)N(CCC2OCCCO2)C1. The molecule has 94 valence electrons. The fourth-order valence-corrected chi connectivity index (χ4v) is 2.67. The molecule has 2 aliphatic heterocycles. The van der Waals surface area contributed by atoms with Crippen LogP contribution in [0.3, 0.4) is 0 Å². The number of rotatable bonds is 3. The van der Waals surface area contributed by atoms with E-state index in [9.17, 15) is 0 Å². The third-order valence-corrected chi connectivity index (χ3v) is 3.79. The van der Waals surface area contributed by atoms with Gasteiger partial charge in [-0.15, -0.1) is 0 Å². The van der Waals surface area contributed by atoms with Gasteiger partial charge in [0, 0.05) is 25.6 Å². The molecule has 0 N–H and O–H groups in total. The van der Waals surface area contributed by atoms with Gasteiger partial charge >= 0.3 is 0 Å². The van der Waals surface area contributed by atoms with Crippen molar-refractivity contribution in [3.8, 4) is 0 Å². The molecular weight excluding hydrogens is 202 g/mol. The van der Waals surface area contributed by atoms with Crippen LogP contribution in [0.2, 0.25) is 0 Å². The summed E-state index contributed by atoms with van der Waals surface area (Å²) in [5.74, 6) is 0.851. The molecule has 0 radical (unpaired) electrons. The lowest BCUT2D eigenvalue weighted by Gasteiger charge is -2.37. The van der Waals surface area contributed by atoms with E-state index < -0.39 is 0 Å². The summed E-state index contributed by atoms with van der Waals surface area (Å²) < 4.78 is 11.2. The molecule has 0 aromatic carbocycles. The van der Waals surface area contributed by atoms with E-state index in [1.54, 1.807) is 0 Å². The molecule has 0 bridgehead atoms. The van der Waals surface area contributed by atoms with Crippen molar-refractivity contribution in [2.75, 3.05) is 26.3 Å². The monoisotopic (exact) mass is 227 g/mol. The molecule has 2 unspecified atom stereocenters. The zero-order chi connectivity index (χ0) is 11.4. The van der Waals surface area contributed by atoms with Gasteiger partial charge in [-0.2, -0.15) is 0 Å². The maximum absolute atomic E-state index is 5.58. The molecule has 2 rings (SSSR count). The average Bonchev–Trinajstić information content (AvgIpc) is 2.32. The predicted octanol–water partition coefficient (Wildman–Crippen LogP) is 2.26. The van der Waals surface area contributed by atoms with Crippen molar-refractivity contribution in [3.63, 3.8) is 0 Å². The van der Waals surface area contributed by atoms with Crippen molar-refractivity contribution in [1.29, 1.82) is 0 Å². The van der Waals surface area contributed by atoms with Gasteiger partial charge < -0.3 is 14.4 Å². The van der Waals surface area contributed by atoms with Crippen molar-refractivity contribution in [1.82, 2.24) is 4.90 Å². The topological polar surface area (TPSA) is 21.7 Å². The number of likely N-dealkylation sites (tertiary alicyclic amines) is 1. The van der Waals surface area contributed by atoms with E-state index in [-0.39, 0.29) is 6.29 Å². The quantitative estimate of drug-likeness (QED) is 0.738. The molecule has 3 heteroatoms. The molecule has 2 saturated heterocycles. The summed E-state index contributed by atoms with van der Waals surface area (Å²) in [5, 5.41) is 0. The first-order chi connectivity index (χ1) is 7.75. The third-order valence-electron chi connectivity index (χ3n) is 3.79.